The summed E-state index contributed by atoms with van der Waals surface area (Å²) in [6.07, 6.45) is 7.44. The molecule has 6 aromatic rings. The SMILES string of the molecule is CCC(C)C(=O)Nc1cncc(-c2ccc3[nH]nc(-c4nc5c(-c6ccccc6F)cncc5[nH]4)c3c2)c1. The molecule has 6 rings (SSSR count). The molecule has 3 N–H and O–H groups in total. The summed E-state index contributed by atoms with van der Waals surface area (Å²) in [6, 6.07) is 14.4. The van der Waals surface area contributed by atoms with E-state index >= 15 is 0 Å². The molecule has 1 amide bonds. The predicted octanol–water partition coefficient (Wildman–Crippen LogP) is 6.35. The molecule has 9 heteroatoms. The van der Waals surface area contributed by atoms with E-state index in [1.54, 1.807) is 43.0 Å². The summed E-state index contributed by atoms with van der Waals surface area (Å²) in [6.45, 7) is 3.88. The van der Waals surface area contributed by atoms with E-state index in [4.69, 9.17) is 4.98 Å². The number of H-pyrrole nitrogens is 2. The molecule has 2 aromatic carbocycles. The number of pyridine rings is 2. The highest BCUT2D eigenvalue weighted by molar-refractivity contribution is 5.98. The minimum absolute atomic E-state index is 0.0341. The molecule has 8 nitrogen and oxygen atoms in total. The van der Waals surface area contributed by atoms with Gasteiger partial charge in [0, 0.05) is 40.4 Å². The Bertz CT molecular complexity index is 1810. The molecule has 0 radical (unpaired) electrons. The van der Waals surface area contributed by atoms with Crippen LogP contribution in [0.25, 0.3) is 55.7 Å². The number of fused-ring (bicyclic) bond motifs is 2. The van der Waals surface area contributed by atoms with E-state index in [0.29, 0.717) is 39.4 Å². The van der Waals surface area contributed by atoms with Crippen LogP contribution in [-0.4, -0.2) is 36.0 Å². The van der Waals surface area contributed by atoms with Crippen LogP contribution in [-0.2, 0) is 4.79 Å². The Hall–Kier alpha value is -4.92. The number of carbonyl (C=O) groups is 1. The average Bonchev–Trinajstić information content (AvgIpc) is 3.56. The zero-order chi connectivity index (χ0) is 26.2. The van der Waals surface area contributed by atoms with Crippen LogP contribution in [0.2, 0.25) is 0 Å². The molecule has 1 atom stereocenters. The highest BCUT2D eigenvalue weighted by Gasteiger charge is 2.18. The van der Waals surface area contributed by atoms with Crippen molar-refractivity contribution in [1.82, 2.24) is 30.1 Å². The number of halogens is 1. The molecule has 4 aromatic heterocycles. The van der Waals surface area contributed by atoms with E-state index in [-0.39, 0.29) is 17.6 Å². The molecule has 0 spiro atoms. The van der Waals surface area contributed by atoms with Crippen molar-refractivity contribution in [3.05, 3.63) is 79.1 Å². The number of aromatic nitrogens is 6. The van der Waals surface area contributed by atoms with Crippen LogP contribution >= 0.6 is 0 Å². The summed E-state index contributed by atoms with van der Waals surface area (Å²) in [5, 5.41) is 11.4. The van der Waals surface area contributed by atoms with Gasteiger partial charge in [-0.25, -0.2) is 9.37 Å². The van der Waals surface area contributed by atoms with Gasteiger partial charge in [0.2, 0.25) is 5.91 Å². The van der Waals surface area contributed by atoms with Crippen LogP contribution in [0.3, 0.4) is 0 Å². The molecule has 0 bridgehead atoms. The lowest BCUT2D eigenvalue weighted by molar-refractivity contribution is -0.119. The summed E-state index contributed by atoms with van der Waals surface area (Å²) >= 11 is 0. The summed E-state index contributed by atoms with van der Waals surface area (Å²) in [5.41, 5.74) is 6.22. The lowest BCUT2D eigenvalue weighted by atomic mass is 10.0. The van der Waals surface area contributed by atoms with Crippen LogP contribution in [0.4, 0.5) is 10.1 Å². The Morgan fingerprint density at radius 2 is 1.82 bits per heavy atom. The number of aromatic amines is 2. The highest BCUT2D eigenvalue weighted by atomic mass is 19.1. The third-order valence-corrected chi connectivity index (χ3v) is 6.74. The fourth-order valence-corrected chi connectivity index (χ4v) is 4.41. The van der Waals surface area contributed by atoms with Gasteiger partial charge in [-0.1, -0.05) is 38.1 Å². The van der Waals surface area contributed by atoms with E-state index < -0.39 is 0 Å². The maximum absolute atomic E-state index is 14.5. The number of hydrogen-bond acceptors (Lipinski definition) is 5. The van der Waals surface area contributed by atoms with Gasteiger partial charge in [-0.2, -0.15) is 5.10 Å². The second-order valence-electron chi connectivity index (χ2n) is 9.24. The van der Waals surface area contributed by atoms with Gasteiger partial charge in [-0.15, -0.1) is 0 Å². The average molecular weight is 506 g/mol. The molecular weight excluding hydrogens is 481 g/mol. The number of carbonyl (C=O) groups excluding carboxylic acids is 1. The molecular formula is C29H24FN7O. The zero-order valence-corrected chi connectivity index (χ0v) is 20.8. The fraction of sp³-hybridized carbons (Fsp3) is 0.138. The minimum atomic E-state index is -0.336. The van der Waals surface area contributed by atoms with Crippen molar-refractivity contribution in [2.75, 3.05) is 5.32 Å². The number of rotatable bonds is 6. The summed E-state index contributed by atoms with van der Waals surface area (Å²) in [5.74, 6) is 0.0913. The number of anilines is 1. The van der Waals surface area contributed by atoms with Gasteiger partial charge in [0.15, 0.2) is 5.82 Å². The number of amides is 1. The van der Waals surface area contributed by atoms with E-state index in [0.717, 1.165) is 28.5 Å². The number of nitrogens with one attached hydrogen (secondary N) is 3. The lowest BCUT2D eigenvalue weighted by Gasteiger charge is -2.11. The first-order valence-corrected chi connectivity index (χ1v) is 12.3. The normalized spacial score (nSPS) is 12.2. The van der Waals surface area contributed by atoms with Crippen molar-refractivity contribution in [2.45, 2.75) is 20.3 Å². The molecule has 0 aliphatic heterocycles. The number of nitrogens with zero attached hydrogens (tertiary/aromatic N) is 4. The number of benzene rings is 2. The Morgan fingerprint density at radius 3 is 2.66 bits per heavy atom. The van der Waals surface area contributed by atoms with Crippen molar-refractivity contribution in [3.8, 4) is 33.8 Å². The van der Waals surface area contributed by atoms with Crippen LogP contribution in [0.5, 0.6) is 0 Å². The third-order valence-electron chi connectivity index (χ3n) is 6.74. The van der Waals surface area contributed by atoms with Gasteiger partial charge in [0.1, 0.15) is 17.0 Å². The van der Waals surface area contributed by atoms with Gasteiger partial charge in [0.25, 0.3) is 0 Å². The maximum atomic E-state index is 14.5. The van der Waals surface area contributed by atoms with Gasteiger partial charge in [-0.3, -0.25) is 19.9 Å². The third kappa shape index (κ3) is 4.17. The second-order valence-corrected chi connectivity index (χ2v) is 9.24. The lowest BCUT2D eigenvalue weighted by Crippen LogP contribution is -2.19. The Balaban J connectivity index is 1.40. The van der Waals surface area contributed by atoms with E-state index in [1.807, 2.05) is 38.1 Å². The van der Waals surface area contributed by atoms with Crippen molar-refractivity contribution in [1.29, 1.82) is 0 Å². The monoisotopic (exact) mass is 505 g/mol. The van der Waals surface area contributed by atoms with E-state index in [9.17, 15) is 9.18 Å². The Morgan fingerprint density at radius 1 is 0.974 bits per heavy atom. The molecule has 0 aliphatic rings. The quantitative estimate of drug-likeness (QED) is 0.244. The first kappa shape index (κ1) is 23.5. The molecule has 1 unspecified atom stereocenters. The first-order valence-electron chi connectivity index (χ1n) is 12.3. The van der Waals surface area contributed by atoms with E-state index in [1.165, 1.54) is 6.07 Å². The summed E-state index contributed by atoms with van der Waals surface area (Å²) < 4.78 is 14.5. The van der Waals surface area contributed by atoms with Gasteiger partial charge in [-0.05, 0) is 36.2 Å². The molecule has 0 fully saturated rings. The molecule has 188 valence electrons. The van der Waals surface area contributed by atoms with Gasteiger partial charge >= 0.3 is 0 Å². The van der Waals surface area contributed by atoms with E-state index in [2.05, 4.69) is 30.5 Å². The van der Waals surface area contributed by atoms with Crippen LogP contribution in [0.1, 0.15) is 20.3 Å². The molecule has 4 heterocycles. The fourth-order valence-electron chi connectivity index (χ4n) is 4.41. The zero-order valence-electron chi connectivity index (χ0n) is 20.8. The number of hydrogen-bond donors (Lipinski definition) is 3. The number of imidazole rings is 1. The van der Waals surface area contributed by atoms with Crippen LogP contribution < -0.4 is 5.32 Å². The Kier molecular flexibility index (Phi) is 5.88. The topological polar surface area (TPSA) is 112 Å². The van der Waals surface area contributed by atoms with Gasteiger partial charge in [0.05, 0.1) is 29.1 Å². The highest BCUT2D eigenvalue weighted by Crippen LogP contribution is 2.33. The smallest absolute Gasteiger partial charge is 0.227 e. The molecule has 0 saturated heterocycles. The van der Waals surface area contributed by atoms with Crippen molar-refractivity contribution < 1.29 is 9.18 Å². The standard InChI is InChI=1S/C29H24FN7O/c1-3-16(2)29(38)33-19-10-18(12-31-13-19)17-8-9-24-21(11-17)27(37-36-24)28-34-25-15-32-14-22(26(25)35-28)20-6-4-5-7-23(20)30/h4-16H,3H2,1-2H3,(H,33,38)(H,34,35)(H,36,37). The second kappa shape index (κ2) is 9.51. The molecule has 0 saturated carbocycles. The molecule has 0 aliphatic carbocycles. The first-order chi connectivity index (χ1) is 18.5. The predicted molar refractivity (Wildman–Crippen MR) is 146 cm³/mol. The Labute approximate surface area is 217 Å². The van der Waals surface area contributed by atoms with Crippen molar-refractivity contribution in [3.63, 3.8) is 0 Å². The van der Waals surface area contributed by atoms with Crippen molar-refractivity contribution in [2.24, 2.45) is 5.92 Å². The van der Waals surface area contributed by atoms with Gasteiger partial charge < -0.3 is 10.3 Å². The largest absolute Gasteiger partial charge is 0.335 e. The van der Waals surface area contributed by atoms with Crippen LogP contribution in [0.15, 0.2) is 73.3 Å². The maximum Gasteiger partial charge on any atom is 0.227 e. The van der Waals surface area contributed by atoms with Crippen LogP contribution in [0, 0.1) is 11.7 Å². The minimum Gasteiger partial charge on any atom is -0.335 e. The summed E-state index contributed by atoms with van der Waals surface area (Å²) in [7, 11) is 0. The molecule has 38 heavy (non-hydrogen) atoms. The van der Waals surface area contributed by atoms with Crippen molar-refractivity contribution >= 4 is 33.5 Å². The summed E-state index contributed by atoms with van der Waals surface area (Å²) in [4.78, 5) is 29.0.